The van der Waals surface area contributed by atoms with Crippen LogP contribution in [0.3, 0.4) is 0 Å². The number of carboxylic acids is 1. The zero-order valence-corrected chi connectivity index (χ0v) is 31.4. The number of alkyl halides is 2. The van der Waals surface area contributed by atoms with Crippen LogP contribution in [0.15, 0.2) is 54.7 Å². The summed E-state index contributed by atoms with van der Waals surface area (Å²) in [5.41, 5.74) is 7.52. The fourth-order valence-electron chi connectivity index (χ4n) is 8.40. The third kappa shape index (κ3) is 7.58. The molecule has 0 unspecified atom stereocenters. The van der Waals surface area contributed by atoms with Crippen LogP contribution in [0.25, 0.3) is 22.2 Å². The van der Waals surface area contributed by atoms with Gasteiger partial charge in [-0.1, -0.05) is 24.3 Å². The highest BCUT2D eigenvalue weighted by molar-refractivity contribution is 6.04. The number of aryl methyl sites for hydroxylation is 1. The maximum absolute atomic E-state index is 14.1. The summed E-state index contributed by atoms with van der Waals surface area (Å²) in [7, 11) is 0. The number of anilines is 3. The van der Waals surface area contributed by atoms with Crippen LogP contribution in [0.2, 0.25) is 0 Å². The molecular formula is C41H45F2N9O4. The smallest absolute Gasteiger partial charge is 0.306 e. The van der Waals surface area contributed by atoms with E-state index in [1.54, 1.807) is 12.3 Å². The number of piperidine rings is 1. The molecule has 6 heterocycles. The second kappa shape index (κ2) is 15.6. The first-order chi connectivity index (χ1) is 27.0. The molecule has 3 aromatic heterocycles. The number of fused-ring (bicyclic) bond motifs is 2. The molecule has 0 aliphatic carbocycles. The Balaban J connectivity index is 1.02. The van der Waals surface area contributed by atoms with E-state index < -0.39 is 18.2 Å². The summed E-state index contributed by atoms with van der Waals surface area (Å²) in [5.74, 6) is -1.79. The number of rotatable bonds is 10. The monoisotopic (exact) mass is 765 g/mol. The largest absolute Gasteiger partial charge is 0.481 e. The third-order valence-electron chi connectivity index (χ3n) is 11.5. The van der Waals surface area contributed by atoms with E-state index in [9.17, 15) is 28.6 Å². The van der Waals surface area contributed by atoms with Crippen molar-refractivity contribution in [3.05, 3.63) is 88.6 Å². The molecule has 3 aliphatic heterocycles. The number of amides is 1. The molecule has 0 saturated carbocycles. The Morgan fingerprint density at radius 2 is 1.66 bits per heavy atom. The van der Waals surface area contributed by atoms with Crippen LogP contribution in [0.4, 0.5) is 26.0 Å². The number of hydrogen-bond acceptors (Lipinski definition) is 10. The van der Waals surface area contributed by atoms with Crippen molar-refractivity contribution in [1.29, 1.82) is 0 Å². The summed E-state index contributed by atoms with van der Waals surface area (Å²) >= 11 is 0. The number of carbonyl (C=O) groups excluding carboxylic acids is 1. The molecule has 1 amide bonds. The molecule has 13 nitrogen and oxygen atoms in total. The minimum absolute atomic E-state index is 0.0904. The lowest BCUT2D eigenvalue weighted by Crippen LogP contribution is -2.40. The summed E-state index contributed by atoms with van der Waals surface area (Å²) in [6, 6.07) is 15.1. The molecule has 2 aromatic carbocycles. The molecule has 5 aromatic rings. The SMILES string of the molecule is Cc1c(NC(=O)c2cc3n(n2)CCC[C@H]3N2CCC(C(=O)O)CC2)cccc1-c1cccc(Nc2nc(C(F)F)nc3cc(CN4CC[C@@H](O)C4)cnc23)c1C. The van der Waals surface area contributed by atoms with Crippen molar-refractivity contribution in [3.8, 4) is 11.1 Å². The second-order valence-electron chi connectivity index (χ2n) is 15.1. The van der Waals surface area contributed by atoms with Gasteiger partial charge in [0.2, 0.25) is 0 Å². The quantitative estimate of drug-likeness (QED) is 0.121. The molecule has 8 rings (SSSR count). The van der Waals surface area contributed by atoms with Gasteiger partial charge in [0.1, 0.15) is 5.52 Å². The molecule has 2 fully saturated rings. The molecule has 2 atom stereocenters. The van der Waals surface area contributed by atoms with Gasteiger partial charge in [0.05, 0.1) is 29.3 Å². The minimum atomic E-state index is -2.89. The van der Waals surface area contributed by atoms with Crippen molar-refractivity contribution in [2.45, 2.75) is 77.6 Å². The fraction of sp³-hybridized carbons (Fsp3) is 0.415. The molecule has 0 spiro atoms. The maximum Gasteiger partial charge on any atom is 0.306 e. The number of carboxylic acid groups (broad SMARTS) is 1. The lowest BCUT2D eigenvalue weighted by molar-refractivity contribution is -0.143. The Labute approximate surface area is 322 Å². The minimum Gasteiger partial charge on any atom is -0.481 e. The number of aromatic nitrogens is 5. The second-order valence-corrected chi connectivity index (χ2v) is 15.1. The Kier molecular flexibility index (Phi) is 10.5. The number of carbonyl (C=O) groups is 2. The number of aliphatic hydroxyl groups excluding tert-OH is 1. The standard InChI is InChI=1S/C41H45F2N9O4/c1-23-28(6-3-8-30(23)45-38-36-32(46-39(48-38)37(42)43)18-25(20-44-36)21-50-15-13-27(53)22-50)29-7-4-9-31(24(29)2)47-40(54)33-19-35-34(10-5-14-52(35)49-33)51-16-11-26(12-17-51)41(55)56/h3-4,6-9,18-20,26-27,34,37,53H,5,10-17,21-22H2,1-2H3,(H,47,54)(H,55,56)(H,45,46,48)/t27-,34-/m1/s1. The first-order valence-corrected chi connectivity index (χ1v) is 19.2. The van der Waals surface area contributed by atoms with Crippen LogP contribution in [0.5, 0.6) is 0 Å². The van der Waals surface area contributed by atoms with E-state index in [4.69, 9.17) is 0 Å². The van der Waals surface area contributed by atoms with Gasteiger partial charge in [0.25, 0.3) is 12.3 Å². The molecule has 0 bridgehead atoms. The number of nitrogens with one attached hydrogen (secondary N) is 2. The lowest BCUT2D eigenvalue weighted by Gasteiger charge is -2.38. The summed E-state index contributed by atoms with van der Waals surface area (Å²) in [4.78, 5) is 42.5. The predicted molar refractivity (Wildman–Crippen MR) is 207 cm³/mol. The zero-order valence-electron chi connectivity index (χ0n) is 31.4. The van der Waals surface area contributed by atoms with Gasteiger partial charge in [0, 0.05) is 43.8 Å². The van der Waals surface area contributed by atoms with Gasteiger partial charge >= 0.3 is 5.97 Å². The van der Waals surface area contributed by atoms with Crippen LogP contribution >= 0.6 is 0 Å². The number of nitrogens with zero attached hydrogens (tertiary/aromatic N) is 7. The van der Waals surface area contributed by atoms with E-state index in [0.29, 0.717) is 73.5 Å². The van der Waals surface area contributed by atoms with Crippen molar-refractivity contribution in [1.82, 2.24) is 34.5 Å². The van der Waals surface area contributed by atoms with Crippen LogP contribution in [-0.2, 0) is 17.9 Å². The average Bonchev–Trinajstić information content (AvgIpc) is 3.82. The normalized spacial score (nSPS) is 19.4. The van der Waals surface area contributed by atoms with Gasteiger partial charge in [-0.2, -0.15) is 5.10 Å². The van der Waals surface area contributed by atoms with Gasteiger partial charge in [-0.05, 0) is 111 Å². The van der Waals surface area contributed by atoms with Crippen molar-refractivity contribution in [2.75, 3.05) is 36.8 Å². The highest BCUT2D eigenvalue weighted by Crippen LogP contribution is 2.37. The first kappa shape index (κ1) is 37.5. The molecule has 56 heavy (non-hydrogen) atoms. The van der Waals surface area contributed by atoms with E-state index in [0.717, 1.165) is 59.4 Å². The molecule has 292 valence electrons. The fourth-order valence-corrected chi connectivity index (χ4v) is 8.40. The van der Waals surface area contributed by atoms with Crippen molar-refractivity contribution >= 4 is 40.1 Å². The van der Waals surface area contributed by atoms with E-state index >= 15 is 0 Å². The van der Waals surface area contributed by atoms with E-state index in [1.165, 1.54) is 0 Å². The number of pyridine rings is 1. The topological polar surface area (TPSA) is 162 Å². The number of likely N-dealkylation sites (tertiary alicyclic amines) is 2. The van der Waals surface area contributed by atoms with Gasteiger partial charge < -0.3 is 20.8 Å². The zero-order chi connectivity index (χ0) is 39.1. The summed E-state index contributed by atoms with van der Waals surface area (Å²) in [6.07, 6.45) is 2.22. The van der Waals surface area contributed by atoms with Crippen LogP contribution in [-0.4, -0.2) is 88.9 Å². The van der Waals surface area contributed by atoms with Gasteiger partial charge in [-0.3, -0.25) is 29.1 Å². The van der Waals surface area contributed by atoms with Crippen LogP contribution in [0, 0.1) is 19.8 Å². The summed E-state index contributed by atoms with van der Waals surface area (Å²) in [5, 5.41) is 30.4. The van der Waals surface area contributed by atoms with Crippen LogP contribution in [0.1, 0.15) is 83.3 Å². The average molecular weight is 766 g/mol. The molecule has 15 heteroatoms. The summed E-state index contributed by atoms with van der Waals surface area (Å²) < 4.78 is 30.0. The molecule has 2 saturated heterocycles. The first-order valence-electron chi connectivity index (χ1n) is 19.2. The maximum atomic E-state index is 14.1. The molecule has 0 radical (unpaired) electrons. The lowest BCUT2D eigenvalue weighted by atomic mass is 9.93. The van der Waals surface area contributed by atoms with E-state index in [2.05, 4.69) is 40.5 Å². The predicted octanol–water partition coefficient (Wildman–Crippen LogP) is 6.64. The molecular weight excluding hydrogens is 721 g/mol. The van der Waals surface area contributed by atoms with Crippen molar-refractivity contribution in [2.24, 2.45) is 5.92 Å². The van der Waals surface area contributed by atoms with Gasteiger partial charge in [0.15, 0.2) is 17.3 Å². The number of hydrogen-bond donors (Lipinski definition) is 4. The van der Waals surface area contributed by atoms with Crippen LogP contribution < -0.4 is 10.6 Å². The highest BCUT2D eigenvalue weighted by Gasteiger charge is 2.33. The number of aliphatic hydroxyl groups is 1. The van der Waals surface area contributed by atoms with E-state index in [-0.39, 0.29) is 29.8 Å². The van der Waals surface area contributed by atoms with Crippen molar-refractivity contribution < 1.29 is 28.6 Å². The van der Waals surface area contributed by atoms with Crippen molar-refractivity contribution in [3.63, 3.8) is 0 Å². The van der Waals surface area contributed by atoms with Gasteiger partial charge in [-0.15, -0.1) is 0 Å². The Morgan fingerprint density at radius 1 is 0.929 bits per heavy atom. The Bertz CT molecular complexity index is 2290. The Hall–Kier alpha value is -5.38. The van der Waals surface area contributed by atoms with Gasteiger partial charge in [-0.25, -0.2) is 18.7 Å². The van der Waals surface area contributed by atoms with E-state index in [1.807, 2.05) is 61.0 Å². The molecule has 4 N–H and O–H groups in total. The highest BCUT2D eigenvalue weighted by atomic mass is 19.3. The number of β-amino-alcohol motifs (C(OH)–C–C–N with tert-alkyl or cyclic N) is 1. The third-order valence-corrected chi connectivity index (χ3v) is 11.5. The Morgan fingerprint density at radius 3 is 2.36 bits per heavy atom. The summed E-state index contributed by atoms with van der Waals surface area (Å²) in [6.45, 7) is 7.82. The number of aliphatic carboxylic acids is 1. The number of halogens is 2. The molecule has 3 aliphatic rings. The number of benzene rings is 2.